The summed E-state index contributed by atoms with van der Waals surface area (Å²) in [7, 11) is 1.54. The minimum atomic E-state index is -0.340. The van der Waals surface area contributed by atoms with E-state index in [0.717, 1.165) is 11.1 Å². The third-order valence-corrected chi connectivity index (χ3v) is 5.44. The fourth-order valence-corrected chi connectivity index (χ4v) is 3.62. The molecule has 0 unspecified atom stereocenters. The van der Waals surface area contributed by atoms with Crippen LogP contribution in [0.1, 0.15) is 23.6 Å². The number of nitrogens with one attached hydrogen (secondary N) is 1. The molecule has 0 saturated heterocycles. The summed E-state index contributed by atoms with van der Waals surface area (Å²) in [4.78, 5) is 42.0. The van der Waals surface area contributed by atoms with Crippen LogP contribution in [0.4, 0.5) is 4.79 Å². The van der Waals surface area contributed by atoms with Gasteiger partial charge < -0.3 is 24.3 Å². The van der Waals surface area contributed by atoms with Gasteiger partial charge in [0.05, 0.1) is 30.4 Å². The number of hydrogen-bond donors (Lipinski definition) is 1. The van der Waals surface area contributed by atoms with Crippen LogP contribution in [0.25, 0.3) is 11.0 Å². The lowest BCUT2D eigenvalue weighted by molar-refractivity contribution is -0.133. The normalized spacial score (nSPS) is 10.8. The summed E-state index contributed by atoms with van der Waals surface area (Å²) in [5, 5.41) is 3.21. The average molecular weight is 466 g/mol. The first-order valence-corrected chi connectivity index (χ1v) is 11.3. The van der Waals surface area contributed by atoms with Crippen LogP contribution in [-0.2, 0) is 22.6 Å². The third kappa shape index (κ3) is 6.45. The number of methoxy groups -OCH3 is 1. The lowest BCUT2D eigenvalue weighted by Gasteiger charge is -2.27. The minimum absolute atomic E-state index is 0.0630. The molecule has 1 heterocycles. The van der Waals surface area contributed by atoms with Gasteiger partial charge in [-0.1, -0.05) is 42.0 Å². The molecule has 3 rings (SSSR count). The number of rotatable bonds is 10. The molecule has 0 spiro atoms. The zero-order chi connectivity index (χ0) is 24.5. The number of urea groups is 1. The number of carbonyl (C=O) groups excluding carboxylic acids is 2. The van der Waals surface area contributed by atoms with E-state index >= 15 is 0 Å². The van der Waals surface area contributed by atoms with E-state index in [1.54, 1.807) is 24.1 Å². The molecule has 8 heteroatoms. The van der Waals surface area contributed by atoms with Crippen molar-refractivity contribution in [2.24, 2.45) is 0 Å². The Bertz CT molecular complexity index is 1180. The molecule has 3 amide bonds. The second kappa shape index (κ2) is 12.0. The second-order valence-corrected chi connectivity index (χ2v) is 8.07. The summed E-state index contributed by atoms with van der Waals surface area (Å²) in [6.45, 7) is 4.96. The van der Waals surface area contributed by atoms with Gasteiger partial charge in [0.1, 0.15) is 12.1 Å². The van der Waals surface area contributed by atoms with Gasteiger partial charge in [-0.3, -0.25) is 9.59 Å². The molecule has 0 bridgehead atoms. The number of carbonyl (C=O) groups is 2. The number of hydrogen-bond acceptors (Lipinski definition) is 5. The summed E-state index contributed by atoms with van der Waals surface area (Å²) < 4.78 is 10.8. The Morgan fingerprint density at radius 3 is 2.53 bits per heavy atom. The van der Waals surface area contributed by atoms with Crippen LogP contribution in [0, 0.1) is 6.92 Å². The third-order valence-electron chi connectivity index (χ3n) is 5.44. The molecule has 180 valence electrons. The Balaban J connectivity index is 1.89. The van der Waals surface area contributed by atoms with Crippen LogP contribution < -0.4 is 10.7 Å². The summed E-state index contributed by atoms with van der Waals surface area (Å²) >= 11 is 0. The molecular weight excluding hydrogens is 434 g/mol. The first-order chi connectivity index (χ1) is 16.4. The average Bonchev–Trinajstić information content (AvgIpc) is 2.83. The van der Waals surface area contributed by atoms with E-state index in [9.17, 15) is 14.4 Å². The van der Waals surface area contributed by atoms with Gasteiger partial charge in [0, 0.05) is 26.7 Å². The van der Waals surface area contributed by atoms with E-state index < -0.39 is 0 Å². The van der Waals surface area contributed by atoms with Gasteiger partial charge in [0.2, 0.25) is 5.91 Å². The van der Waals surface area contributed by atoms with Gasteiger partial charge in [0.15, 0.2) is 5.43 Å². The maximum atomic E-state index is 13.4. The van der Waals surface area contributed by atoms with Crippen molar-refractivity contribution in [1.29, 1.82) is 0 Å². The van der Waals surface area contributed by atoms with Crippen LogP contribution in [-0.4, -0.2) is 55.1 Å². The maximum Gasteiger partial charge on any atom is 0.317 e. The van der Waals surface area contributed by atoms with Crippen LogP contribution in [0.15, 0.2) is 64.0 Å². The zero-order valence-electron chi connectivity index (χ0n) is 19.9. The lowest BCUT2D eigenvalue weighted by Crippen LogP contribution is -2.47. The molecule has 1 aromatic heterocycles. The van der Waals surface area contributed by atoms with Crippen molar-refractivity contribution < 1.29 is 18.7 Å². The number of benzene rings is 2. The molecule has 8 nitrogen and oxygen atoms in total. The van der Waals surface area contributed by atoms with Crippen LogP contribution in [0.3, 0.4) is 0 Å². The highest BCUT2D eigenvalue weighted by Gasteiger charge is 2.23. The number of ether oxygens (including phenoxy) is 1. The van der Waals surface area contributed by atoms with Crippen molar-refractivity contribution in [3.05, 3.63) is 81.7 Å². The van der Waals surface area contributed by atoms with E-state index in [2.05, 4.69) is 5.32 Å². The van der Waals surface area contributed by atoms with Gasteiger partial charge in [-0.25, -0.2) is 4.79 Å². The summed E-state index contributed by atoms with van der Waals surface area (Å²) in [6.07, 6.45) is 1.41. The fourth-order valence-electron chi connectivity index (χ4n) is 3.62. The standard InChI is InChI=1S/C26H31N3O5/c1-4-27-26(32)28(12-13-33-3)17-24(30)29(15-20-8-6-5-7-9-20)16-21-18-34-23-11-10-19(2)14-22(23)25(21)31/h5-11,14,18H,4,12-13,15-17H2,1-3H3,(H,27,32). The van der Waals surface area contributed by atoms with Gasteiger partial charge in [-0.2, -0.15) is 0 Å². The molecule has 0 aliphatic rings. The highest BCUT2D eigenvalue weighted by molar-refractivity contribution is 5.84. The molecule has 0 saturated carbocycles. The van der Waals surface area contributed by atoms with Gasteiger partial charge >= 0.3 is 6.03 Å². The number of nitrogens with zero attached hydrogens (tertiary/aromatic N) is 2. The first kappa shape index (κ1) is 25.0. The molecule has 0 radical (unpaired) electrons. The molecule has 1 N–H and O–H groups in total. The van der Waals surface area contributed by atoms with Crippen molar-refractivity contribution in [3.63, 3.8) is 0 Å². The lowest BCUT2D eigenvalue weighted by atomic mass is 10.1. The summed E-state index contributed by atoms with van der Waals surface area (Å²) in [6, 6.07) is 14.6. The van der Waals surface area contributed by atoms with E-state index in [1.165, 1.54) is 11.2 Å². The van der Waals surface area contributed by atoms with Crippen LogP contribution in [0.5, 0.6) is 0 Å². The predicted octanol–water partition coefficient (Wildman–Crippen LogP) is 3.31. The van der Waals surface area contributed by atoms with Gasteiger partial charge in [0.25, 0.3) is 0 Å². The number of amides is 3. The van der Waals surface area contributed by atoms with Gasteiger partial charge in [-0.05, 0) is 31.5 Å². The van der Waals surface area contributed by atoms with E-state index in [4.69, 9.17) is 9.15 Å². The van der Waals surface area contributed by atoms with E-state index in [0.29, 0.717) is 36.2 Å². The highest BCUT2D eigenvalue weighted by Crippen LogP contribution is 2.16. The molecule has 0 aliphatic carbocycles. The Kier molecular flexibility index (Phi) is 8.81. The minimum Gasteiger partial charge on any atom is -0.464 e. The summed E-state index contributed by atoms with van der Waals surface area (Å²) in [5.41, 5.74) is 2.57. The Hall–Kier alpha value is -3.65. The molecule has 3 aromatic rings. The number of aryl methyl sites for hydroxylation is 1. The SMILES string of the molecule is CCNC(=O)N(CCOC)CC(=O)N(Cc1ccccc1)Cc1coc2ccc(C)cc2c1=O. The van der Waals surface area contributed by atoms with Crippen LogP contribution >= 0.6 is 0 Å². The Morgan fingerprint density at radius 1 is 1.06 bits per heavy atom. The van der Waals surface area contributed by atoms with Crippen molar-refractivity contribution >= 4 is 22.9 Å². The van der Waals surface area contributed by atoms with Crippen molar-refractivity contribution in [2.45, 2.75) is 26.9 Å². The van der Waals surface area contributed by atoms with E-state index in [1.807, 2.05) is 50.2 Å². The van der Waals surface area contributed by atoms with Gasteiger partial charge in [-0.15, -0.1) is 0 Å². The smallest absolute Gasteiger partial charge is 0.317 e. The molecule has 0 fully saturated rings. The van der Waals surface area contributed by atoms with Crippen molar-refractivity contribution in [1.82, 2.24) is 15.1 Å². The Labute approximate surface area is 199 Å². The highest BCUT2D eigenvalue weighted by atomic mass is 16.5. The van der Waals surface area contributed by atoms with E-state index in [-0.39, 0.29) is 37.0 Å². The Morgan fingerprint density at radius 2 is 1.82 bits per heavy atom. The maximum absolute atomic E-state index is 13.4. The number of fused-ring (bicyclic) bond motifs is 1. The van der Waals surface area contributed by atoms with Crippen molar-refractivity contribution in [2.75, 3.05) is 33.4 Å². The second-order valence-electron chi connectivity index (χ2n) is 8.07. The first-order valence-electron chi connectivity index (χ1n) is 11.3. The largest absolute Gasteiger partial charge is 0.464 e. The molecular formula is C26H31N3O5. The predicted molar refractivity (Wildman–Crippen MR) is 130 cm³/mol. The molecule has 2 aromatic carbocycles. The zero-order valence-corrected chi connectivity index (χ0v) is 19.9. The van der Waals surface area contributed by atoms with Crippen LogP contribution in [0.2, 0.25) is 0 Å². The monoisotopic (exact) mass is 465 g/mol. The molecule has 34 heavy (non-hydrogen) atoms. The molecule has 0 aliphatic heterocycles. The van der Waals surface area contributed by atoms with Crippen molar-refractivity contribution in [3.8, 4) is 0 Å². The summed E-state index contributed by atoms with van der Waals surface area (Å²) in [5.74, 6) is -0.282. The fraction of sp³-hybridized carbons (Fsp3) is 0.346. The molecule has 0 atom stereocenters. The quantitative estimate of drug-likeness (QED) is 0.496. The topological polar surface area (TPSA) is 92.1 Å².